The molecule has 0 aliphatic heterocycles. The number of ketones is 1. The molecule has 0 fully saturated rings. The summed E-state index contributed by atoms with van der Waals surface area (Å²) in [7, 11) is 3.86. The minimum atomic E-state index is 0.0567. The Bertz CT molecular complexity index is 388. The second-order valence-corrected chi connectivity index (χ2v) is 4.64. The molecular weight excluding hydrogens is 222 g/mol. The van der Waals surface area contributed by atoms with Crippen molar-refractivity contribution in [3.63, 3.8) is 0 Å². The van der Waals surface area contributed by atoms with Gasteiger partial charge in [0.25, 0.3) is 0 Å². The third-order valence-corrected chi connectivity index (χ3v) is 3.08. The van der Waals surface area contributed by atoms with Crippen LogP contribution in [0.3, 0.4) is 0 Å². The number of carbonyl (C=O) groups excluding carboxylic acids is 1. The van der Waals surface area contributed by atoms with Gasteiger partial charge in [0.1, 0.15) is 0 Å². The third kappa shape index (κ3) is 2.76. The van der Waals surface area contributed by atoms with E-state index < -0.39 is 0 Å². The van der Waals surface area contributed by atoms with Crippen LogP contribution in [0.1, 0.15) is 30.6 Å². The van der Waals surface area contributed by atoms with Gasteiger partial charge >= 0.3 is 0 Å². The first-order chi connectivity index (χ1) is 7.47. The van der Waals surface area contributed by atoms with Crippen LogP contribution >= 0.6 is 11.6 Å². The molecule has 88 valence electrons. The Morgan fingerprint density at radius 1 is 1.44 bits per heavy atom. The molecule has 1 unspecified atom stereocenters. The number of benzene rings is 1. The Hall–Kier alpha value is -1.02. The lowest BCUT2D eigenvalue weighted by Gasteiger charge is -2.15. The maximum atomic E-state index is 11.9. The molecule has 1 aromatic rings. The smallest absolute Gasteiger partial charge is 0.165 e. The second kappa shape index (κ2) is 5.35. The SMILES string of the molecule is CCC(C)C(=O)c1ccc(N(C)C)c(Cl)c1. The van der Waals surface area contributed by atoms with Gasteiger partial charge in [-0.05, 0) is 24.6 Å². The highest BCUT2D eigenvalue weighted by Gasteiger charge is 2.14. The summed E-state index contributed by atoms with van der Waals surface area (Å²) in [5, 5.41) is 0.624. The topological polar surface area (TPSA) is 20.3 Å². The summed E-state index contributed by atoms with van der Waals surface area (Å²) in [5.41, 5.74) is 1.63. The number of anilines is 1. The zero-order valence-electron chi connectivity index (χ0n) is 10.2. The van der Waals surface area contributed by atoms with E-state index in [0.717, 1.165) is 12.1 Å². The number of rotatable bonds is 4. The molecule has 0 aromatic heterocycles. The number of carbonyl (C=O) groups is 1. The molecule has 0 amide bonds. The largest absolute Gasteiger partial charge is 0.376 e. The van der Waals surface area contributed by atoms with Gasteiger partial charge < -0.3 is 4.90 Å². The first-order valence-corrected chi connectivity index (χ1v) is 5.86. The van der Waals surface area contributed by atoms with Crippen molar-refractivity contribution in [2.75, 3.05) is 19.0 Å². The van der Waals surface area contributed by atoms with Gasteiger partial charge in [-0.2, -0.15) is 0 Å². The van der Waals surface area contributed by atoms with Gasteiger partial charge in [-0.1, -0.05) is 25.4 Å². The van der Waals surface area contributed by atoms with Gasteiger partial charge in [-0.3, -0.25) is 4.79 Å². The van der Waals surface area contributed by atoms with Gasteiger partial charge in [0, 0.05) is 25.6 Å². The summed E-state index contributed by atoms with van der Waals surface area (Å²) in [6.07, 6.45) is 0.853. The molecule has 0 spiro atoms. The molecule has 2 nitrogen and oxygen atoms in total. The number of hydrogen-bond acceptors (Lipinski definition) is 2. The Balaban J connectivity index is 3.02. The van der Waals surface area contributed by atoms with Crippen LogP contribution < -0.4 is 4.90 Å². The fourth-order valence-electron chi connectivity index (χ4n) is 1.49. The maximum Gasteiger partial charge on any atom is 0.165 e. The first-order valence-electron chi connectivity index (χ1n) is 5.48. The van der Waals surface area contributed by atoms with Gasteiger partial charge in [-0.15, -0.1) is 0 Å². The fourth-order valence-corrected chi connectivity index (χ4v) is 1.84. The van der Waals surface area contributed by atoms with Crippen LogP contribution in [0.2, 0.25) is 5.02 Å². The molecule has 1 atom stereocenters. The van der Waals surface area contributed by atoms with E-state index >= 15 is 0 Å². The highest BCUT2D eigenvalue weighted by molar-refractivity contribution is 6.33. The summed E-state index contributed by atoms with van der Waals surface area (Å²) in [6.45, 7) is 3.95. The molecule has 3 heteroatoms. The van der Waals surface area contributed by atoms with E-state index in [-0.39, 0.29) is 11.7 Å². The molecule has 0 radical (unpaired) electrons. The summed E-state index contributed by atoms with van der Waals surface area (Å²) >= 11 is 6.12. The Labute approximate surface area is 102 Å². The fraction of sp³-hybridized carbons (Fsp3) is 0.462. The minimum absolute atomic E-state index is 0.0567. The van der Waals surface area contributed by atoms with E-state index in [1.54, 1.807) is 6.07 Å². The van der Waals surface area contributed by atoms with E-state index in [1.165, 1.54) is 0 Å². The lowest BCUT2D eigenvalue weighted by molar-refractivity contribution is 0.0927. The molecule has 0 saturated heterocycles. The van der Waals surface area contributed by atoms with Crippen LogP contribution in [0.4, 0.5) is 5.69 Å². The molecule has 0 N–H and O–H groups in total. The standard InChI is InChI=1S/C13H18ClNO/c1-5-9(2)13(16)10-6-7-12(15(3)4)11(14)8-10/h6-9H,5H2,1-4H3. The summed E-state index contributed by atoms with van der Waals surface area (Å²) in [6, 6.07) is 5.49. The van der Waals surface area contributed by atoms with Crippen LogP contribution in [0.25, 0.3) is 0 Å². The van der Waals surface area contributed by atoms with Crippen LogP contribution in [-0.4, -0.2) is 19.9 Å². The molecule has 0 aliphatic rings. The van der Waals surface area contributed by atoms with E-state index in [4.69, 9.17) is 11.6 Å². The molecule has 0 saturated carbocycles. The van der Waals surface area contributed by atoms with Crippen molar-refractivity contribution >= 4 is 23.1 Å². The van der Waals surface area contributed by atoms with Crippen molar-refractivity contribution in [2.45, 2.75) is 20.3 Å². The molecule has 0 bridgehead atoms. The minimum Gasteiger partial charge on any atom is -0.376 e. The summed E-state index contributed by atoms with van der Waals surface area (Å²) in [5.74, 6) is 0.218. The molecule has 1 rings (SSSR count). The second-order valence-electron chi connectivity index (χ2n) is 4.23. The molecule has 0 aliphatic carbocycles. The van der Waals surface area contributed by atoms with Gasteiger partial charge in [0.2, 0.25) is 0 Å². The summed E-state index contributed by atoms with van der Waals surface area (Å²) < 4.78 is 0. The Morgan fingerprint density at radius 3 is 2.50 bits per heavy atom. The van der Waals surface area contributed by atoms with Crippen molar-refractivity contribution in [3.8, 4) is 0 Å². The van der Waals surface area contributed by atoms with Crippen LogP contribution in [0.15, 0.2) is 18.2 Å². The van der Waals surface area contributed by atoms with Crippen LogP contribution in [0.5, 0.6) is 0 Å². The number of nitrogens with zero attached hydrogens (tertiary/aromatic N) is 1. The van der Waals surface area contributed by atoms with E-state index in [1.807, 2.05) is 45.0 Å². The quantitative estimate of drug-likeness (QED) is 0.748. The maximum absolute atomic E-state index is 11.9. The van der Waals surface area contributed by atoms with Crippen molar-refractivity contribution < 1.29 is 4.79 Å². The van der Waals surface area contributed by atoms with Crippen molar-refractivity contribution in [2.24, 2.45) is 5.92 Å². The molecule has 0 heterocycles. The average molecular weight is 240 g/mol. The summed E-state index contributed by atoms with van der Waals surface area (Å²) in [4.78, 5) is 13.9. The van der Waals surface area contributed by atoms with E-state index in [2.05, 4.69) is 0 Å². The van der Waals surface area contributed by atoms with E-state index in [0.29, 0.717) is 10.6 Å². The predicted molar refractivity (Wildman–Crippen MR) is 69.6 cm³/mol. The zero-order chi connectivity index (χ0) is 12.3. The normalized spacial score (nSPS) is 12.3. The molecule has 1 aromatic carbocycles. The number of halogens is 1. The zero-order valence-corrected chi connectivity index (χ0v) is 11.0. The lowest BCUT2D eigenvalue weighted by Crippen LogP contribution is -2.12. The van der Waals surface area contributed by atoms with Crippen LogP contribution in [-0.2, 0) is 0 Å². The van der Waals surface area contributed by atoms with Gasteiger partial charge in [0.05, 0.1) is 10.7 Å². The number of hydrogen-bond donors (Lipinski definition) is 0. The van der Waals surface area contributed by atoms with Crippen LogP contribution in [0, 0.1) is 5.92 Å². The monoisotopic (exact) mass is 239 g/mol. The first kappa shape index (κ1) is 13.0. The molecular formula is C13H18ClNO. The van der Waals surface area contributed by atoms with Crippen molar-refractivity contribution in [1.82, 2.24) is 0 Å². The number of Topliss-reactive ketones (excluding diaryl/α,β-unsaturated/α-hetero) is 1. The van der Waals surface area contributed by atoms with Gasteiger partial charge in [-0.25, -0.2) is 0 Å². The highest BCUT2D eigenvalue weighted by Crippen LogP contribution is 2.26. The van der Waals surface area contributed by atoms with Crippen molar-refractivity contribution in [1.29, 1.82) is 0 Å². The lowest BCUT2D eigenvalue weighted by atomic mass is 9.97. The Kier molecular flexibility index (Phi) is 4.36. The van der Waals surface area contributed by atoms with E-state index in [9.17, 15) is 4.79 Å². The van der Waals surface area contributed by atoms with Gasteiger partial charge in [0.15, 0.2) is 5.78 Å². The van der Waals surface area contributed by atoms with Crippen molar-refractivity contribution in [3.05, 3.63) is 28.8 Å². The average Bonchev–Trinajstić information content (AvgIpc) is 2.26. The third-order valence-electron chi connectivity index (χ3n) is 2.77. The Morgan fingerprint density at radius 2 is 2.06 bits per heavy atom. The highest BCUT2D eigenvalue weighted by atomic mass is 35.5. The predicted octanol–water partition coefficient (Wildman–Crippen LogP) is 3.63. The molecule has 16 heavy (non-hydrogen) atoms.